The summed E-state index contributed by atoms with van der Waals surface area (Å²) in [5, 5.41) is -0.00139. The van der Waals surface area contributed by atoms with Crippen molar-refractivity contribution in [2.24, 2.45) is 0 Å². The summed E-state index contributed by atoms with van der Waals surface area (Å²) in [6, 6.07) is 8.57. The van der Waals surface area contributed by atoms with Gasteiger partial charge in [-0.2, -0.15) is 0 Å². The number of fused-ring (bicyclic) bond motifs is 4. The fraction of sp³-hybridized carbons (Fsp3) is 0.154. The number of benzene rings is 2. The van der Waals surface area contributed by atoms with Crippen LogP contribution in [0.25, 0.3) is 21.8 Å². The van der Waals surface area contributed by atoms with Gasteiger partial charge in [-0.05, 0) is 38.1 Å². The quantitative estimate of drug-likeness (QED) is 0.368. The van der Waals surface area contributed by atoms with Gasteiger partial charge in [0.1, 0.15) is 11.4 Å². The molecule has 2 aromatic heterocycles. The van der Waals surface area contributed by atoms with Crippen molar-refractivity contribution >= 4 is 45.3 Å². The Morgan fingerprint density at radius 1 is 0.667 bits per heavy atom. The van der Waals surface area contributed by atoms with E-state index in [0.717, 1.165) is 0 Å². The second-order valence-corrected chi connectivity index (χ2v) is 7.96. The molecule has 0 spiro atoms. The first-order valence-corrected chi connectivity index (χ1v) is 11.1. The van der Waals surface area contributed by atoms with Crippen LogP contribution in [0.3, 0.4) is 0 Å². The molecule has 0 saturated carbocycles. The largest absolute Gasteiger partial charge is 0.462 e. The van der Waals surface area contributed by atoms with Gasteiger partial charge in [0.05, 0.1) is 46.5 Å². The van der Waals surface area contributed by atoms with E-state index in [2.05, 4.69) is 9.97 Å². The lowest BCUT2D eigenvalue weighted by atomic mass is 9.87. The molecule has 180 valence electrons. The fourth-order valence-electron chi connectivity index (χ4n) is 4.41. The van der Waals surface area contributed by atoms with Gasteiger partial charge in [-0.1, -0.05) is 12.1 Å². The molecule has 0 radical (unpaired) electrons. The van der Waals surface area contributed by atoms with Gasteiger partial charge in [-0.3, -0.25) is 19.2 Å². The van der Waals surface area contributed by atoms with Crippen LogP contribution in [0.2, 0.25) is 0 Å². The number of esters is 2. The van der Waals surface area contributed by atoms with Crippen LogP contribution in [0, 0.1) is 0 Å². The first-order chi connectivity index (χ1) is 17.3. The van der Waals surface area contributed by atoms with E-state index in [0.29, 0.717) is 0 Å². The number of ketones is 2. The highest BCUT2D eigenvalue weighted by Crippen LogP contribution is 2.27. The first kappa shape index (κ1) is 22.9. The van der Waals surface area contributed by atoms with Crippen molar-refractivity contribution < 1.29 is 28.7 Å². The van der Waals surface area contributed by atoms with Crippen LogP contribution in [-0.4, -0.2) is 46.7 Å². The highest BCUT2D eigenvalue weighted by Gasteiger charge is 2.37. The zero-order valence-electron chi connectivity index (χ0n) is 19.1. The smallest absolute Gasteiger partial charge is 0.340 e. The van der Waals surface area contributed by atoms with Gasteiger partial charge < -0.3 is 19.4 Å². The van der Waals surface area contributed by atoms with Crippen molar-refractivity contribution in [3.05, 3.63) is 90.5 Å². The SMILES string of the molecule is CCOC(=O)c1cccc2c(=O)c3c([nH]c12)C(=O)c1c([nH]c2c(C(=O)OCC)cccc2c1=O)C3=O. The molecule has 2 N–H and O–H groups in total. The number of aromatic nitrogens is 2. The topological polar surface area (TPSA) is 152 Å². The number of H-pyrrole nitrogens is 2. The van der Waals surface area contributed by atoms with Crippen LogP contribution in [0.4, 0.5) is 0 Å². The molecule has 4 aromatic rings. The van der Waals surface area contributed by atoms with E-state index < -0.39 is 56.9 Å². The zero-order chi connectivity index (χ0) is 25.7. The Kier molecular flexibility index (Phi) is 5.36. The van der Waals surface area contributed by atoms with Crippen LogP contribution >= 0.6 is 0 Å². The van der Waals surface area contributed by atoms with Crippen molar-refractivity contribution in [3.63, 3.8) is 0 Å². The van der Waals surface area contributed by atoms with Gasteiger partial charge in [0.15, 0.2) is 0 Å². The number of pyridine rings is 2. The predicted octanol–water partition coefficient (Wildman–Crippen LogP) is 2.50. The number of hydrogen-bond donors (Lipinski definition) is 2. The summed E-state index contributed by atoms with van der Waals surface area (Å²) in [6.45, 7) is 3.42. The van der Waals surface area contributed by atoms with Gasteiger partial charge >= 0.3 is 11.9 Å². The summed E-state index contributed by atoms with van der Waals surface area (Å²) in [5.74, 6) is -3.21. The number of rotatable bonds is 4. The van der Waals surface area contributed by atoms with Crippen LogP contribution in [0.1, 0.15) is 66.7 Å². The van der Waals surface area contributed by atoms with Crippen molar-refractivity contribution in [1.82, 2.24) is 9.97 Å². The lowest BCUT2D eigenvalue weighted by Gasteiger charge is -2.19. The van der Waals surface area contributed by atoms with Crippen molar-refractivity contribution in [2.75, 3.05) is 13.2 Å². The minimum atomic E-state index is -0.887. The molecule has 0 amide bonds. The average Bonchev–Trinajstić information content (AvgIpc) is 2.86. The molecular weight excluding hydrogens is 468 g/mol. The molecule has 0 unspecified atom stereocenters. The lowest BCUT2D eigenvalue weighted by Crippen LogP contribution is -2.35. The molecule has 10 nitrogen and oxygen atoms in total. The Labute approximate surface area is 201 Å². The van der Waals surface area contributed by atoms with Crippen LogP contribution in [0.5, 0.6) is 0 Å². The van der Waals surface area contributed by atoms with Gasteiger partial charge in [0.25, 0.3) is 0 Å². The van der Waals surface area contributed by atoms with E-state index in [1.807, 2.05) is 0 Å². The van der Waals surface area contributed by atoms with Crippen molar-refractivity contribution in [1.29, 1.82) is 0 Å². The third-order valence-corrected chi connectivity index (χ3v) is 5.97. The van der Waals surface area contributed by atoms with Gasteiger partial charge in [0, 0.05) is 10.8 Å². The highest BCUT2D eigenvalue weighted by molar-refractivity contribution is 6.29. The van der Waals surface area contributed by atoms with E-state index in [1.54, 1.807) is 13.8 Å². The summed E-state index contributed by atoms with van der Waals surface area (Å²) in [6.07, 6.45) is 0. The molecular formula is C26H18N2O8. The first-order valence-electron chi connectivity index (χ1n) is 11.1. The van der Waals surface area contributed by atoms with Gasteiger partial charge in [0.2, 0.25) is 22.4 Å². The molecule has 1 aliphatic carbocycles. The van der Waals surface area contributed by atoms with Crippen LogP contribution in [-0.2, 0) is 9.47 Å². The number of carbonyl (C=O) groups excluding carboxylic acids is 4. The van der Waals surface area contributed by atoms with Gasteiger partial charge in [-0.25, -0.2) is 9.59 Å². The third-order valence-electron chi connectivity index (χ3n) is 5.97. The van der Waals surface area contributed by atoms with E-state index in [-0.39, 0.29) is 46.1 Å². The number of ether oxygens (including phenoxy) is 2. The summed E-state index contributed by atoms with van der Waals surface area (Å²) in [5.41, 5.74) is -3.24. The second kappa shape index (κ2) is 8.42. The minimum Gasteiger partial charge on any atom is -0.462 e. The standard InChI is InChI=1S/C26H18N2O8/c1-3-35-25(33)13-9-5-7-11-17(13)27-19-15(21(11)29)24(32)20-16(23(19)31)22(30)12-8-6-10-14(18(12)28-20)26(34)36-4-2/h5-10H,3-4H2,1-2H3,(H,27,29)(H,28,30). The number of para-hydroxylation sites is 2. The second-order valence-electron chi connectivity index (χ2n) is 7.96. The number of hydrogen-bond acceptors (Lipinski definition) is 8. The Hall–Kier alpha value is -4.86. The number of aromatic amines is 2. The van der Waals surface area contributed by atoms with E-state index in [1.165, 1.54) is 36.4 Å². The predicted molar refractivity (Wildman–Crippen MR) is 128 cm³/mol. The summed E-state index contributed by atoms with van der Waals surface area (Å²) in [4.78, 5) is 84.1. The Bertz CT molecular complexity index is 1650. The van der Waals surface area contributed by atoms with Crippen molar-refractivity contribution in [2.45, 2.75) is 13.8 Å². The molecule has 0 fully saturated rings. The maximum absolute atomic E-state index is 13.5. The van der Waals surface area contributed by atoms with E-state index in [9.17, 15) is 28.8 Å². The highest BCUT2D eigenvalue weighted by atomic mass is 16.5. The molecule has 0 bridgehead atoms. The molecule has 0 atom stereocenters. The molecule has 36 heavy (non-hydrogen) atoms. The molecule has 5 rings (SSSR count). The molecule has 0 aliphatic heterocycles. The molecule has 10 heteroatoms. The zero-order valence-corrected chi connectivity index (χ0v) is 19.1. The fourth-order valence-corrected chi connectivity index (χ4v) is 4.41. The Balaban J connectivity index is 1.82. The summed E-state index contributed by atoms with van der Waals surface area (Å²) < 4.78 is 10.1. The maximum atomic E-state index is 13.5. The molecule has 1 aliphatic rings. The minimum absolute atomic E-state index is 0.000693. The van der Waals surface area contributed by atoms with Crippen molar-refractivity contribution in [3.8, 4) is 0 Å². The summed E-state index contributed by atoms with van der Waals surface area (Å²) >= 11 is 0. The van der Waals surface area contributed by atoms with Crippen LogP contribution < -0.4 is 10.9 Å². The molecule has 2 aromatic carbocycles. The number of carbonyl (C=O) groups is 4. The van der Waals surface area contributed by atoms with Gasteiger partial charge in [-0.15, -0.1) is 0 Å². The van der Waals surface area contributed by atoms with Crippen LogP contribution in [0.15, 0.2) is 46.0 Å². The Morgan fingerprint density at radius 2 is 1.06 bits per heavy atom. The Morgan fingerprint density at radius 3 is 1.42 bits per heavy atom. The van der Waals surface area contributed by atoms with E-state index >= 15 is 0 Å². The third kappa shape index (κ3) is 3.18. The average molecular weight is 486 g/mol. The summed E-state index contributed by atoms with van der Waals surface area (Å²) in [7, 11) is 0. The number of nitrogens with one attached hydrogen (secondary N) is 2. The monoisotopic (exact) mass is 486 g/mol. The maximum Gasteiger partial charge on any atom is 0.340 e. The molecule has 2 heterocycles. The normalized spacial score (nSPS) is 12.4. The lowest BCUT2D eigenvalue weighted by molar-refractivity contribution is 0.0518. The van der Waals surface area contributed by atoms with E-state index in [4.69, 9.17) is 9.47 Å². The molecule has 0 saturated heterocycles.